The van der Waals surface area contributed by atoms with Crippen LogP contribution in [0.4, 0.5) is 5.69 Å². The average molecular weight is 453 g/mol. The number of thiazole rings is 1. The van der Waals surface area contributed by atoms with Gasteiger partial charge in [-0.25, -0.2) is 4.98 Å². The second-order valence-corrected chi connectivity index (χ2v) is 7.68. The van der Waals surface area contributed by atoms with E-state index in [9.17, 15) is 14.9 Å². The van der Waals surface area contributed by atoms with Crippen molar-refractivity contribution in [3.63, 3.8) is 0 Å². The number of methoxy groups -OCH3 is 1. The van der Waals surface area contributed by atoms with Gasteiger partial charge in [-0.3, -0.25) is 14.9 Å². The molecule has 1 N–H and O–H groups in total. The quantitative estimate of drug-likeness (QED) is 0.301. The molecule has 0 aliphatic heterocycles. The number of fused-ring (bicyclic) bond motifs is 1. The van der Waals surface area contributed by atoms with Gasteiger partial charge in [-0.15, -0.1) is 11.3 Å². The van der Waals surface area contributed by atoms with Crippen LogP contribution in [0.5, 0.6) is 11.5 Å². The molecule has 0 aliphatic rings. The van der Waals surface area contributed by atoms with Crippen LogP contribution < -0.4 is 14.8 Å². The molecule has 0 unspecified atom stereocenters. The maximum atomic E-state index is 12.7. The topological polar surface area (TPSA) is 117 Å². The molecule has 0 fully saturated rings. The molecule has 164 valence electrons. The van der Waals surface area contributed by atoms with Crippen LogP contribution in [-0.4, -0.2) is 29.5 Å². The summed E-state index contributed by atoms with van der Waals surface area (Å²) in [5.41, 5.74) is 0.380. The minimum absolute atomic E-state index is 0.0525. The van der Waals surface area contributed by atoms with Gasteiger partial charge in [0.25, 0.3) is 11.6 Å². The molecule has 9 nitrogen and oxygen atoms in total. The molecule has 32 heavy (non-hydrogen) atoms. The molecule has 0 aliphatic carbocycles. The molecule has 0 radical (unpaired) electrons. The third-order valence-electron chi connectivity index (χ3n) is 4.61. The minimum Gasteiger partial charge on any atom is -0.493 e. The Morgan fingerprint density at radius 1 is 1.22 bits per heavy atom. The Morgan fingerprint density at radius 3 is 2.75 bits per heavy atom. The number of carbonyl (C=O) groups is 1. The van der Waals surface area contributed by atoms with Gasteiger partial charge in [0.15, 0.2) is 22.3 Å². The van der Waals surface area contributed by atoms with E-state index >= 15 is 0 Å². The second kappa shape index (κ2) is 9.06. The van der Waals surface area contributed by atoms with E-state index in [1.165, 1.54) is 30.6 Å². The van der Waals surface area contributed by atoms with Gasteiger partial charge in [0.2, 0.25) is 0 Å². The molecular formula is C22H19N3O6S. The molecule has 0 bridgehead atoms. The van der Waals surface area contributed by atoms with Gasteiger partial charge in [-0.1, -0.05) is 12.1 Å². The van der Waals surface area contributed by atoms with Crippen LogP contribution in [0.1, 0.15) is 23.0 Å². The minimum atomic E-state index is -0.634. The molecular weight excluding hydrogens is 434 g/mol. The number of amides is 1. The van der Waals surface area contributed by atoms with E-state index in [0.29, 0.717) is 18.1 Å². The second-order valence-electron chi connectivity index (χ2n) is 6.65. The van der Waals surface area contributed by atoms with Crippen LogP contribution in [-0.2, 0) is 6.54 Å². The Morgan fingerprint density at radius 2 is 2.03 bits per heavy atom. The smallest absolute Gasteiger partial charge is 0.286 e. The van der Waals surface area contributed by atoms with Crippen molar-refractivity contribution in [1.82, 2.24) is 10.3 Å². The standard InChI is InChI=1S/C22H19N3O6S/c1-3-30-19-10-14(16(25(27)28)11-18(19)29-2)21(26)23-12-13-8-9-17(31-13)22-24-15-6-4-5-7-20(15)32-22/h4-11H,3,12H2,1-2H3,(H,23,26). The highest BCUT2D eigenvalue weighted by Gasteiger charge is 2.25. The molecule has 2 heterocycles. The number of aromatic nitrogens is 1. The Hall–Kier alpha value is -3.92. The van der Waals surface area contributed by atoms with Gasteiger partial charge in [-0.2, -0.15) is 0 Å². The fourth-order valence-electron chi connectivity index (χ4n) is 3.14. The first-order chi connectivity index (χ1) is 15.5. The fourth-order valence-corrected chi connectivity index (χ4v) is 4.07. The summed E-state index contributed by atoms with van der Waals surface area (Å²) in [6.07, 6.45) is 0. The van der Waals surface area contributed by atoms with Gasteiger partial charge in [0.1, 0.15) is 11.3 Å². The first-order valence-electron chi connectivity index (χ1n) is 9.72. The van der Waals surface area contributed by atoms with E-state index in [0.717, 1.165) is 15.2 Å². The van der Waals surface area contributed by atoms with Crippen molar-refractivity contribution < 1.29 is 23.6 Å². The SMILES string of the molecule is CCOc1cc(C(=O)NCc2ccc(-c3nc4ccccc4s3)o2)c([N+](=O)[O-])cc1OC. The lowest BCUT2D eigenvalue weighted by Crippen LogP contribution is -2.23. The highest BCUT2D eigenvalue weighted by atomic mass is 32.1. The maximum Gasteiger partial charge on any atom is 0.286 e. The summed E-state index contributed by atoms with van der Waals surface area (Å²) in [6.45, 7) is 2.13. The van der Waals surface area contributed by atoms with Crippen molar-refractivity contribution in [2.75, 3.05) is 13.7 Å². The molecule has 0 saturated heterocycles. The van der Waals surface area contributed by atoms with Crippen molar-refractivity contribution in [2.45, 2.75) is 13.5 Å². The summed E-state index contributed by atoms with van der Waals surface area (Å²) in [5, 5.41) is 14.9. The number of benzene rings is 2. The molecule has 2 aromatic carbocycles. The maximum absolute atomic E-state index is 12.7. The number of nitro benzene ring substituents is 1. The molecule has 2 aromatic heterocycles. The highest BCUT2D eigenvalue weighted by molar-refractivity contribution is 7.21. The van der Waals surface area contributed by atoms with E-state index in [1.807, 2.05) is 24.3 Å². The van der Waals surface area contributed by atoms with E-state index < -0.39 is 10.8 Å². The third kappa shape index (κ3) is 4.26. The monoisotopic (exact) mass is 453 g/mol. The van der Waals surface area contributed by atoms with E-state index in [2.05, 4.69) is 10.3 Å². The Labute approximate surface area is 186 Å². The molecule has 4 rings (SSSR count). The van der Waals surface area contributed by atoms with Crippen LogP contribution in [0, 0.1) is 10.1 Å². The van der Waals surface area contributed by atoms with Crippen LogP contribution in [0.15, 0.2) is 52.9 Å². The number of furan rings is 1. The Balaban J connectivity index is 1.52. The lowest BCUT2D eigenvalue weighted by atomic mass is 10.1. The Bertz CT molecular complexity index is 1260. The fraction of sp³-hybridized carbons (Fsp3) is 0.182. The van der Waals surface area contributed by atoms with Crippen molar-refractivity contribution in [3.05, 3.63) is 70.0 Å². The predicted molar refractivity (Wildman–Crippen MR) is 119 cm³/mol. The van der Waals surface area contributed by atoms with Crippen molar-refractivity contribution in [2.24, 2.45) is 0 Å². The van der Waals surface area contributed by atoms with Crippen LogP contribution in [0.25, 0.3) is 21.0 Å². The lowest BCUT2D eigenvalue weighted by molar-refractivity contribution is -0.385. The normalized spacial score (nSPS) is 10.8. The molecule has 0 saturated carbocycles. The zero-order valence-electron chi connectivity index (χ0n) is 17.3. The first kappa shape index (κ1) is 21.3. The number of hydrogen-bond acceptors (Lipinski definition) is 8. The number of para-hydroxylation sites is 1. The summed E-state index contributed by atoms with van der Waals surface area (Å²) >= 11 is 1.51. The van der Waals surface area contributed by atoms with Gasteiger partial charge in [0.05, 0.1) is 41.5 Å². The van der Waals surface area contributed by atoms with Gasteiger partial charge in [0, 0.05) is 6.07 Å². The van der Waals surface area contributed by atoms with Crippen molar-refractivity contribution in [1.29, 1.82) is 0 Å². The summed E-state index contributed by atoms with van der Waals surface area (Å²) in [4.78, 5) is 28.1. The Kier molecular flexibility index (Phi) is 6.04. The number of nitrogens with one attached hydrogen (secondary N) is 1. The average Bonchev–Trinajstić information content (AvgIpc) is 3.44. The molecule has 4 aromatic rings. The molecule has 0 atom stereocenters. The zero-order valence-corrected chi connectivity index (χ0v) is 18.1. The van der Waals surface area contributed by atoms with Gasteiger partial charge in [-0.05, 0) is 31.2 Å². The predicted octanol–water partition coefficient (Wildman–Crippen LogP) is 4.80. The largest absolute Gasteiger partial charge is 0.493 e. The van der Waals surface area contributed by atoms with E-state index in [4.69, 9.17) is 13.9 Å². The van der Waals surface area contributed by atoms with Crippen LogP contribution in [0.2, 0.25) is 0 Å². The molecule has 0 spiro atoms. The van der Waals surface area contributed by atoms with Crippen LogP contribution in [0.3, 0.4) is 0 Å². The summed E-state index contributed by atoms with van der Waals surface area (Å²) in [7, 11) is 1.38. The van der Waals surface area contributed by atoms with Crippen LogP contribution >= 0.6 is 11.3 Å². The number of nitrogens with zero attached hydrogens (tertiary/aromatic N) is 2. The summed E-state index contributed by atoms with van der Waals surface area (Å²) in [5.74, 6) is 0.889. The zero-order chi connectivity index (χ0) is 22.7. The van der Waals surface area contributed by atoms with Crippen molar-refractivity contribution >= 4 is 33.1 Å². The summed E-state index contributed by atoms with van der Waals surface area (Å²) < 4.78 is 17.4. The number of rotatable bonds is 8. The molecule has 1 amide bonds. The summed E-state index contributed by atoms with van der Waals surface area (Å²) in [6, 6.07) is 13.8. The number of hydrogen-bond donors (Lipinski definition) is 1. The van der Waals surface area contributed by atoms with Crippen molar-refractivity contribution in [3.8, 4) is 22.3 Å². The van der Waals surface area contributed by atoms with Gasteiger partial charge >= 0.3 is 0 Å². The number of ether oxygens (including phenoxy) is 2. The van der Waals surface area contributed by atoms with E-state index in [-0.39, 0.29) is 29.3 Å². The molecule has 10 heteroatoms. The first-order valence-corrected chi connectivity index (χ1v) is 10.5. The third-order valence-corrected chi connectivity index (χ3v) is 5.66. The number of carbonyl (C=O) groups excluding carboxylic acids is 1. The van der Waals surface area contributed by atoms with E-state index in [1.54, 1.807) is 19.1 Å². The number of nitro groups is 1. The van der Waals surface area contributed by atoms with Gasteiger partial charge < -0.3 is 19.2 Å². The lowest BCUT2D eigenvalue weighted by Gasteiger charge is -2.11. The highest BCUT2D eigenvalue weighted by Crippen LogP contribution is 2.35.